The molecular weight excluding hydrogens is 202 g/mol. The first kappa shape index (κ1) is 12.8. The van der Waals surface area contributed by atoms with Crippen molar-refractivity contribution in [2.24, 2.45) is 12.8 Å². The second-order valence-corrected chi connectivity index (χ2v) is 4.26. The molecule has 0 saturated carbocycles. The third kappa shape index (κ3) is 4.49. The molecule has 0 aliphatic carbocycles. The lowest BCUT2D eigenvalue weighted by Gasteiger charge is -2.07. The highest BCUT2D eigenvalue weighted by Crippen LogP contribution is 2.01. The molecule has 1 rings (SSSR count). The molecule has 1 unspecified atom stereocenters. The van der Waals surface area contributed by atoms with E-state index in [4.69, 9.17) is 5.73 Å². The van der Waals surface area contributed by atoms with E-state index in [1.807, 2.05) is 36.9 Å². The van der Waals surface area contributed by atoms with Gasteiger partial charge in [-0.1, -0.05) is 0 Å². The Kier molecular flexibility index (Phi) is 5.05. The Morgan fingerprint density at radius 2 is 2.38 bits per heavy atom. The van der Waals surface area contributed by atoms with E-state index in [1.54, 1.807) is 0 Å². The van der Waals surface area contributed by atoms with Crippen LogP contribution in [-0.4, -0.2) is 16.5 Å². The van der Waals surface area contributed by atoms with Crippen molar-refractivity contribution in [2.75, 3.05) is 0 Å². The Hall–Kier alpha value is -1.29. The molecular formula is C12H21N3O. The molecule has 4 heteroatoms. The average Bonchev–Trinajstić information content (AvgIpc) is 2.60. The first-order valence-electron chi connectivity index (χ1n) is 5.72. The number of nitrogens with one attached hydrogen (secondary N) is 1. The highest BCUT2D eigenvalue weighted by Gasteiger charge is 2.03. The number of nitrogens with two attached hydrogens (primary N) is 1. The van der Waals surface area contributed by atoms with Crippen molar-refractivity contribution in [2.45, 2.75) is 38.8 Å². The molecule has 16 heavy (non-hydrogen) atoms. The molecule has 0 aliphatic rings. The molecule has 4 nitrogen and oxygen atoms in total. The van der Waals surface area contributed by atoms with Gasteiger partial charge in [-0.2, -0.15) is 0 Å². The summed E-state index contributed by atoms with van der Waals surface area (Å²) in [7, 11) is 1.97. The van der Waals surface area contributed by atoms with Gasteiger partial charge in [0, 0.05) is 31.4 Å². The van der Waals surface area contributed by atoms with E-state index in [9.17, 15) is 4.79 Å². The summed E-state index contributed by atoms with van der Waals surface area (Å²) >= 11 is 0. The normalized spacial score (nSPS) is 12.4. The van der Waals surface area contributed by atoms with E-state index < -0.39 is 0 Å². The smallest absolute Gasteiger partial charge is 0.220 e. The minimum Gasteiger partial charge on any atom is -0.353 e. The molecule has 3 N–H and O–H groups in total. The highest BCUT2D eigenvalue weighted by atomic mass is 16.1. The number of carbonyl (C=O) groups excluding carboxylic acids is 1. The fourth-order valence-electron chi connectivity index (χ4n) is 1.54. The fraction of sp³-hybridized carbons (Fsp3) is 0.583. The first-order chi connectivity index (χ1) is 7.59. The minimum absolute atomic E-state index is 0.0989. The van der Waals surface area contributed by atoms with Gasteiger partial charge in [-0.05, 0) is 31.9 Å². The Bertz CT molecular complexity index is 331. The molecule has 0 radical (unpaired) electrons. The molecule has 90 valence electrons. The Balaban J connectivity index is 2.18. The number of amides is 1. The lowest BCUT2D eigenvalue weighted by atomic mass is 10.1. The topological polar surface area (TPSA) is 60.1 Å². The zero-order chi connectivity index (χ0) is 12.0. The van der Waals surface area contributed by atoms with Crippen LogP contribution >= 0.6 is 0 Å². The largest absolute Gasteiger partial charge is 0.353 e. The van der Waals surface area contributed by atoms with Crippen LogP contribution in [0.25, 0.3) is 0 Å². The van der Waals surface area contributed by atoms with Gasteiger partial charge in [-0.3, -0.25) is 4.79 Å². The van der Waals surface area contributed by atoms with Crippen LogP contribution in [0.5, 0.6) is 0 Å². The summed E-state index contributed by atoms with van der Waals surface area (Å²) in [5.74, 6) is 0.0989. The van der Waals surface area contributed by atoms with Crippen LogP contribution in [0.3, 0.4) is 0 Å². The van der Waals surface area contributed by atoms with Gasteiger partial charge in [-0.15, -0.1) is 0 Å². The van der Waals surface area contributed by atoms with Crippen LogP contribution in [0, 0.1) is 0 Å². The number of carbonyl (C=O) groups is 1. The van der Waals surface area contributed by atoms with E-state index in [0.29, 0.717) is 13.0 Å². The van der Waals surface area contributed by atoms with E-state index >= 15 is 0 Å². The van der Waals surface area contributed by atoms with Gasteiger partial charge in [0.25, 0.3) is 0 Å². The van der Waals surface area contributed by atoms with Gasteiger partial charge >= 0.3 is 0 Å². The third-order valence-corrected chi connectivity index (χ3v) is 2.58. The summed E-state index contributed by atoms with van der Waals surface area (Å²) in [6.07, 6.45) is 4.29. The number of nitrogens with zero attached hydrogens (tertiary/aromatic N) is 1. The first-order valence-corrected chi connectivity index (χ1v) is 5.72. The van der Waals surface area contributed by atoms with Crippen LogP contribution in [0.15, 0.2) is 18.3 Å². The summed E-state index contributed by atoms with van der Waals surface area (Å²) in [6, 6.07) is 4.15. The van der Waals surface area contributed by atoms with Crippen LogP contribution in [0.4, 0.5) is 0 Å². The highest BCUT2D eigenvalue weighted by molar-refractivity contribution is 5.75. The number of hydrogen-bond donors (Lipinski definition) is 2. The van der Waals surface area contributed by atoms with Crippen LogP contribution in [0.1, 0.15) is 31.9 Å². The quantitative estimate of drug-likeness (QED) is 0.760. The van der Waals surface area contributed by atoms with Crippen LogP contribution in [0.2, 0.25) is 0 Å². The Morgan fingerprint density at radius 3 is 2.94 bits per heavy atom. The zero-order valence-electron chi connectivity index (χ0n) is 10.1. The maximum absolute atomic E-state index is 11.5. The van der Waals surface area contributed by atoms with E-state index in [-0.39, 0.29) is 11.9 Å². The predicted molar refractivity (Wildman–Crippen MR) is 64.8 cm³/mol. The summed E-state index contributed by atoms with van der Waals surface area (Å²) in [4.78, 5) is 11.5. The molecule has 1 atom stereocenters. The second-order valence-electron chi connectivity index (χ2n) is 4.26. The molecule has 0 aromatic carbocycles. The number of aryl methyl sites for hydroxylation is 1. The summed E-state index contributed by atoms with van der Waals surface area (Å²) in [5.41, 5.74) is 6.73. The maximum Gasteiger partial charge on any atom is 0.220 e. The summed E-state index contributed by atoms with van der Waals surface area (Å²) in [5, 5.41) is 2.90. The van der Waals surface area contributed by atoms with Gasteiger partial charge in [0.2, 0.25) is 5.91 Å². The van der Waals surface area contributed by atoms with Crippen molar-refractivity contribution in [1.82, 2.24) is 9.88 Å². The maximum atomic E-state index is 11.5. The number of hydrogen-bond acceptors (Lipinski definition) is 2. The number of rotatable bonds is 6. The van der Waals surface area contributed by atoms with Crippen molar-refractivity contribution in [3.63, 3.8) is 0 Å². The lowest BCUT2D eigenvalue weighted by molar-refractivity contribution is -0.121. The second kappa shape index (κ2) is 6.33. The van der Waals surface area contributed by atoms with Crippen molar-refractivity contribution < 1.29 is 4.79 Å². The van der Waals surface area contributed by atoms with Gasteiger partial charge in [0.15, 0.2) is 0 Å². The van der Waals surface area contributed by atoms with Crippen LogP contribution in [-0.2, 0) is 18.4 Å². The van der Waals surface area contributed by atoms with Gasteiger partial charge in [-0.25, -0.2) is 0 Å². The minimum atomic E-state index is 0.0989. The van der Waals surface area contributed by atoms with Gasteiger partial charge in [0.1, 0.15) is 0 Å². The van der Waals surface area contributed by atoms with E-state index in [0.717, 1.165) is 18.5 Å². The molecule has 0 bridgehead atoms. The summed E-state index contributed by atoms with van der Waals surface area (Å²) in [6.45, 7) is 2.56. The molecule has 1 amide bonds. The van der Waals surface area contributed by atoms with Gasteiger partial charge in [0.05, 0.1) is 6.54 Å². The zero-order valence-corrected chi connectivity index (χ0v) is 10.1. The molecule has 0 aliphatic heterocycles. The molecule has 1 aromatic rings. The van der Waals surface area contributed by atoms with E-state index in [2.05, 4.69) is 5.32 Å². The SMILES string of the molecule is CC(N)CCCC(=O)NCc1cccn1C. The third-order valence-electron chi connectivity index (χ3n) is 2.58. The molecule has 1 heterocycles. The molecule has 0 saturated heterocycles. The van der Waals surface area contributed by atoms with E-state index in [1.165, 1.54) is 0 Å². The average molecular weight is 223 g/mol. The molecule has 1 aromatic heterocycles. The summed E-state index contributed by atoms with van der Waals surface area (Å²) < 4.78 is 2.00. The van der Waals surface area contributed by atoms with Gasteiger partial charge < -0.3 is 15.6 Å². The van der Waals surface area contributed by atoms with Crippen molar-refractivity contribution >= 4 is 5.91 Å². The van der Waals surface area contributed by atoms with Crippen LogP contribution < -0.4 is 11.1 Å². The van der Waals surface area contributed by atoms with Crippen molar-refractivity contribution in [3.05, 3.63) is 24.0 Å². The predicted octanol–water partition coefficient (Wildman–Crippen LogP) is 1.16. The van der Waals surface area contributed by atoms with Crippen molar-refractivity contribution in [1.29, 1.82) is 0 Å². The Labute approximate surface area is 96.8 Å². The molecule has 0 fully saturated rings. The standard InChI is InChI=1S/C12H21N3O/c1-10(13)5-3-7-12(16)14-9-11-6-4-8-15(11)2/h4,6,8,10H,3,5,7,9,13H2,1-2H3,(H,14,16). The molecule has 0 spiro atoms. The fourth-order valence-corrected chi connectivity index (χ4v) is 1.54. The Morgan fingerprint density at radius 1 is 1.62 bits per heavy atom. The number of aromatic nitrogens is 1. The van der Waals surface area contributed by atoms with Crippen molar-refractivity contribution in [3.8, 4) is 0 Å². The lowest BCUT2D eigenvalue weighted by Crippen LogP contribution is -2.24. The monoisotopic (exact) mass is 223 g/mol.